The molecule has 0 aliphatic heterocycles. The van der Waals surface area contributed by atoms with E-state index in [-0.39, 0.29) is 18.4 Å². The molecule has 3 rings (SSSR count). The van der Waals surface area contributed by atoms with E-state index in [1.54, 1.807) is 30.3 Å². The Morgan fingerprint density at radius 1 is 0.903 bits per heavy atom. The number of aryl methyl sites for hydroxylation is 1. The van der Waals surface area contributed by atoms with Gasteiger partial charge < -0.3 is 15.4 Å². The number of hydrogen-bond acceptors (Lipinski definition) is 3. The van der Waals surface area contributed by atoms with Crippen LogP contribution < -0.4 is 15.4 Å². The van der Waals surface area contributed by atoms with Gasteiger partial charge in [-0.15, -0.1) is 0 Å². The molecule has 0 fully saturated rings. The smallest absolute Gasteiger partial charge is 0.262 e. The maximum Gasteiger partial charge on any atom is 0.262 e. The van der Waals surface area contributed by atoms with Gasteiger partial charge in [0.2, 0.25) is 0 Å². The van der Waals surface area contributed by atoms with Crippen molar-refractivity contribution in [2.75, 3.05) is 17.2 Å². The fourth-order valence-corrected chi connectivity index (χ4v) is 3.18. The predicted octanol–water partition coefficient (Wildman–Crippen LogP) is 5.78. The number of nitrogens with one attached hydrogen (secondary N) is 2. The molecule has 5 nitrogen and oxygen atoms in total. The lowest BCUT2D eigenvalue weighted by molar-refractivity contribution is -0.118. The van der Waals surface area contributed by atoms with Crippen molar-refractivity contribution in [2.24, 2.45) is 0 Å². The lowest BCUT2D eigenvalue weighted by Gasteiger charge is -2.12. The second-order valence-corrected chi connectivity index (χ2v) is 7.57. The highest BCUT2D eigenvalue weighted by Gasteiger charge is 2.10. The normalized spacial score (nSPS) is 11.5. The Balaban J connectivity index is 1.55. The van der Waals surface area contributed by atoms with Crippen LogP contribution in [0.5, 0.6) is 5.75 Å². The van der Waals surface area contributed by atoms with E-state index in [0.29, 0.717) is 28.6 Å². The van der Waals surface area contributed by atoms with Crippen molar-refractivity contribution in [3.8, 4) is 5.75 Å². The molecule has 0 aliphatic carbocycles. The van der Waals surface area contributed by atoms with Gasteiger partial charge in [-0.2, -0.15) is 0 Å². The maximum absolute atomic E-state index is 12.5. The molecule has 0 aromatic heterocycles. The summed E-state index contributed by atoms with van der Waals surface area (Å²) in [5.74, 6) is 0.691. The Hall–Kier alpha value is -3.60. The molecule has 0 unspecified atom stereocenters. The van der Waals surface area contributed by atoms with Crippen molar-refractivity contribution < 1.29 is 14.3 Å². The van der Waals surface area contributed by atoms with Crippen LogP contribution in [0.2, 0.25) is 0 Å². The van der Waals surface area contributed by atoms with E-state index in [4.69, 9.17) is 4.74 Å². The van der Waals surface area contributed by atoms with E-state index in [2.05, 4.69) is 24.5 Å². The summed E-state index contributed by atoms with van der Waals surface area (Å²) in [6.07, 6.45) is 1.08. The first-order valence-electron chi connectivity index (χ1n) is 10.5. The Kier molecular flexibility index (Phi) is 7.44. The van der Waals surface area contributed by atoms with Crippen LogP contribution in [0.3, 0.4) is 0 Å². The lowest BCUT2D eigenvalue weighted by Crippen LogP contribution is -2.20. The number of carbonyl (C=O) groups is 2. The van der Waals surface area contributed by atoms with Gasteiger partial charge in [0.1, 0.15) is 5.75 Å². The Bertz CT molecular complexity index is 1040. The molecule has 0 spiro atoms. The van der Waals surface area contributed by atoms with E-state index in [1.807, 2.05) is 49.4 Å². The van der Waals surface area contributed by atoms with Gasteiger partial charge in [-0.3, -0.25) is 9.59 Å². The average Bonchev–Trinajstić information content (AvgIpc) is 2.78. The van der Waals surface area contributed by atoms with Crippen LogP contribution in [-0.2, 0) is 4.79 Å². The van der Waals surface area contributed by atoms with Crippen LogP contribution in [0.15, 0.2) is 72.8 Å². The van der Waals surface area contributed by atoms with Gasteiger partial charge in [-0.1, -0.05) is 50.2 Å². The molecule has 2 amide bonds. The Morgan fingerprint density at radius 2 is 1.58 bits per heavy atom. The highest BCUT2D eigenvalue weighted by molar-refractivity contribution is 6.05. The fourth-order valence-electron chi connectivity index (χ4n) is 3.18. The third kappa shape index (κ3) is 6.19. The zero-order chi connectivity index (χ0) is 22.2. The van der Waals surface area contributed by atoms with E-state index in [1.165, 1.54) is 5.56 Å². The Morgan fingerprint density at radius 3 is 2.26 bits per heavy atom. The minimum absolute atomic E-state index is 0.0948. The van der Waals surface area contributed by atoms with Crippen molar-refractivity contribution in [1.82, 2.24) is 0 Å². The van der Waals surface area contributed by atoms with Crippen molar-refractivity contribution in [3.05, 3.63) is 89.5 Å². The van der Waals surface area contributed by atoms with Crippen molar-refractivity contribution in [2.45, 2.75) is 33.1 Å². The number of hydrogen-bond donors (Lipinski definition) is 2. The van der Waals surface area contributed by atoms with Gasteiger partial charge >= 0.3 is 0 Å². The molecular weight excluding hydrogens is 388 g/mol. The number of carbonyl (C=O) groups excluding carboxylic acids is 2. The molecule has 0 radical (unpaired) electrons. The molecule has 0 saturated carbocycles. The molecular formula is C26H28N2O3. The van der Waals surface area contributed by atoms with E-state index in [9.17, 15) is 9.59 Å². The third-order valence-electron chi connectivity index (χ3n) is 5.23. The topological polar surface area (TPSA) is 67.4 Å². The van der Waals surface area contributed by atoms with Crippen LogP contribution in [0.4, 0.5) is 11.4 Å². The van der Waals surface area contributed by atoms with Crippen LogP contribution in [0.1, 0.15) is 47.7 Å². The fraction of sp³-hybridized carbons (Fsp3) is 0.231. The summed E-state index contributed by atoms with van der Waals surface area (Å²) in [6.45, 7) is 6.13. The molecule has 2 N–H and O–H groups in total. The minimum atomic E-state index is -0.270. The highest BCUT2D eigenvalue weighted by Crippen LogP contribution is 2.22. The van der Waals surface area contributed by atoms with Crippen LogP contribution in [-0.4, -0.2) is 18.4 Å². The summed E-state index contributed by atoms with van der Waals surface area (Å²) in [4.78, 5) is 24.8. The first-order chi connectivity index (χ1) is 15.0. The van der Waals surface area contributed by atoms with E-state index >= 15 is 0 Å². The molecule has 1 atom stereocenters. The summed E-state index contributed by atoms with van der Waals surface area (Å²) < 4.78 is 5.59. The number of rotatable bonds is 8. The van der Waals surface area contributed by atoms with E-state index < -0.39 is 0 Å². The molecule has 0 heterocycles. The minimum Gasteiger partial charge on any atom is -0.484 e. The monoisotopic (exact) mass is 416 g/mol. The lowest BCUT2D eigenvalue weighted by atomic mass is 9.99. The summed E-state index contributed by atoms with van der Waals surface area (Å²) in [7, 11) is 0. The molecule has 160 valence electrons. The van der Waals surface area contributed by atoms with Crippen LogP contribution in [0.25, 0.3) is 0 Å². The van der Waals surface area contributed by atoms with E-state index in [0.717, 1.165) is 12.0 Å². The molecule has 0 bridgehead atoms. The number of amides is 2. The number of benzene rings is 3. The first-order valence-corrected chi connectivity index (χ1v) is 10.5. The average molecular weight is 417 g/mol. The molecule has 0 aliphatic rings. The number of ether oxygens (including phenoxy) is 1. The van der Waals surface area contributed by atoms with Crippen molar-refractivity contribution >= 4 is 23.2 Å². The molecule has 0 saturated heterocycles. The maximum atomic E-state index is 12.5. The molecule has 31 heavy (non-hydrogen) atoms. The SMILES string of the molecule is CC[C@@H](C)c1ccc(OCC(=O)Nc2cccc(NC(=O)c3ccccc3C)c2)cc1. The van der Waals surface area contributed by atoms with Gasteiger partial charge in [-0.05, 0) is 66.8 Å². The summed E-state index contributed by atoms with van der Waals surface area (Å²) in [5.41, 5.74) is 3.96. The summed E-state index contributed by atoms with van der Waals surface area (Å²) >= 11 is 0. The Labute approximate surface area is 183 Å². The third-order valence-corrected chi connectivity index (χ3v) is 5.23. The van der Waals surface area contributed by atoms with Gasteiger partial charge in [0.15, 0.2) is 6.61 Å². The second-order valence-electron chi connectivity index (χ2n) is 7.57. The zero-order valence-electron chi connectivity index (χ0n) is 18.1. The number of anilines is 2. The molecule has 3 aromatic carbocycles. The van der Waals surface area contributed by atoms with Gasteiger partial charge in [0.25, 0.3) is 11.8 Å². The molecule has 5 heteroatoms. The predicted molar refractivity (Wildman–Crippen MR) is 125 cm³/mol. The quantitative estimate of drug-likeness (QED) is 0.489. The summed E-state index contributed by atoms with van der Waals surface area (Å²) in [6, 6.07) is 22.3. The van der Waals surface area contributed by atoms with Crippen molar-refractivity contribution in [3.63, 3.8) is 0 Å². The van der Waals surface area contributed by atoms with Crippen LogP contribution >= 0.6 is 0 Å². The second kappa shape index (κ2) is 10.4. The molecule has 3 aromatic rings. The largest absolute Gasteiger partial charge is 0.484 e. The highest BCUT2D eigenvalue weighted by atomic mass is 16.5. The van der Waals surface area contributed by atoms with Gasteiger partial charge in [-0.25, -0.2) is 0 Å². The summed E-state index contributed by atoms with van der Waals surface area (Å²) in [5, 5.41) is 5.67. The first kappa shape index (κ1) is 22.1. The zero-order valence-corrected chi connectivity index (χ0v) is 18.1. The van der Waals surface area contributed by atoms with Crippen molar-refractivity contribution in [1.29, 1.82) is 0 Å². The van der Waals surface area contributed by atoms with Crippen LogP contribution in [0, 0.1) is 6.92 Å². The van der Waals surface area contributed by atoms with Gasteiger partial charge in [0.05, 0.1) is 0 Å². The van der Waals surface area contributed by atoms with Gasteiger partial charge in [0, 0.05) is 16.9 Å². The standard InChI is InChI=1S/C26H28N2O3/c1-4-18(2)20-12-14-23(15-13-20)31-17-25(29)27-21-9-7-10-22(16-21)28-26(30)24-11-6-5-8-19(24)3/h5-16,18H,4,17H2,1-3H3,(H,27,29)(H,28,30)/t18-/m1/s1.